The Morgan fingerprint density at radius 2 is 1.75 bits per heavy atom. The first-order chi connectivity index (χ1) is 10.5. The van der Waals surface area contributed by atoms with Crippen LogP contribution < -0.4 is 14.8 Å². The highest BCUT2D eigenvalue weighted by molar-refractivity contribution is 7.89. The van der Waals surface area contributed by atoms with Gasteiger partial charge in [-0.3, -0.25) is 4.90 Å². The third kappa shape index (κ3) is 7.55. The molecule has 0 atom stereocenters. The molecular formula is C15H27Cl2N3O3S. The molecule has 0 aromatic heterocycles. The molecule has 140 valence electrons. The molecule has 1 aromatic carbocycles. The Morgan fingerprint density at radius 1 is 1.17 bits per heavy atom. The second-order valence-corrected chi connectivity index (χ2v) is 7.39. The zero-order chi connectivity index (χ0) is 16.0. The van der Waals surface area contributed by atoms with Crippen molar-refractivity contribution in [2.75, 3.05) is 39.3 Å². The number of ether oxygens (including phenoxy) is 1. The Labute approximate surface area is 157 Å². The van der Waals surface area contributed by atoms with E-state index in [1.165, 1.54) is 0 Å². The Morgan fingerprint density at radius 3 is 2.29 bits per heavy atom. The first-order valence-electron chi connectivity index (χ1n) is 7.67. The van der Waals surface area contributed by atoms with E-state index >= 15 is 0 Å². The monoisotopic (exact) mass is 399 g/mol. The minimum Gasteiger partial charge on any atom is -0.491 e. The highest BCUT2D eigenvalue weighted by atomic mass is 35.5. The van der Waals surface area contributed by atoms with Gasteiger partial charge in [0.1, 0.15) is 5.75 Å². The van der Waals surface area contributed by atoms with Crippen LogP contribution >= 0.6 is 24.8 Å². The first-order valence-corrected chi connectivity index (χ1v) is 9.15. The van der Waals surface area contributed by atoms with E-state index in [1.807, 2.05) is 13.8 Å². The lowest BCUT2D eigenvalue weighted by Crippen LogP contribution is -2.46. The molecule has 9 heteroatoms. The van der Waals surface area contributed by atoms with Gasteiger partial charge in [0.05, 0.1) is 11.0 Å². The Balaban J connectivity index is 0.00000264. The van der Waals surface area contributed by atoms with E-state index in [4.69, 9.17) is 4.74 Å². The molecule has 1 saturated heterocycles. The summed E-state index contributed by atoms with van der Waals surface area (Å²) in [6, 6.07) is 6.52. The van der Waals surface area contributed by atoms with Crippen LogP contribution in [-0.4, -0.2) is 58.7 Å². The van der Waals surface area contributed by atoms with E-state index in [2.05, 4.69) is 14.9 Å². The first kappa shape index (κ1) is 23.4. The topological polar surface area (TPSA) is 70.7 Å². The largest absolute Gasteiger partial charge is 0.491 e. The maximum absolute atomic E-state index is 12.2. The van der Waals surface area contributed by atoms with Crippen LogP contribution in [0.3, 0.4) is 0 Å². The molecule has 0 radical (unpaired) electrons. The van der Waals surface area contributed by atoms with E-state index in [9.17, 15) is 8.42 Å². The van der Waals surface area contributed by atoms with Gasteiger partial charge in [-0.05, 0) is 38.1 Å². The number of sulfonamides is 1. The third-order valence-electron chi connectivity index (χ3n) is 3.44. The molecule has 0 saturated carbocycles. The summed E-state index contributed by atoms with van der Waals surface area (Å²) in [7, 11) is -3.45. The van der Waals surface area contributed by atoms with Crippen LogP contribution in [0.25, 0.3) is 0 Å². The number of benzene rings is 1. The SMILES string of the molecule is CC(C)Oc1ccc(S(=O)(=O)NCCN2CCNCC2)cc1.Cl.Cl. The highest BCUT2D eigenvalue weighted by Gasteiger charge is 2.15. The summed E-state index contributed by atoms with van der Waals surface area (Å²) in [5.41, 5.74) is 0. The molecule has 24 heavy (non-hydrogen) atoms. The van der Waals surface area contributed by atoms with E-state index < -0.39 is 10.0 Å². The lowest BCUT2D eigenvalue weighted by molar-refractivity contribution is 0.242. The summed E-state index contributed by atoms with van der Waals surface area (Å²) in [6.45, 7) is 8.87. The van der Waals surface area contributed by atoms with Crippen molar-refractivity contribution in [3.63, 3.8) is 0 Å². The zero-order valence-electron chi connectivity index (χ0n) is 14.0. The molecule has 2 rings (SSSR count). The molecule has 0 spiro atoms. The molecule has 1 aliphatic rings. The van der Waals surface area contributed by atoms with Crippen LogP contribution in [0.1, 0.15) is 13.8 Å². The van der Waals surface area contributed by atoms with Gasteiger partial charge in [0, 0.05) is 39.3 Å². The quantitative estimate of drug-likeness (QED) is 0.726. The summed E-state index contributed by atoms with van der Waals surface area (Å²) in [5, 5.41) is 3.27. The normalized spacial score (nSPS) is 15.5. The number of hydrogen-bond acceptors (Lipinski definition) is 5. The van der Waals surface area contributed by atoms with Crippen LogP contribution in [0.2, 0.25) is 0 Å². The average molecular weight is 400 g/mol. The standard InChI is InChI=1S/C15H25N3O3S.2ClH/c1-13(2)21-14-3-5-15(6-4-14)22(19,20)17-9-12-18-10-7-16-8-11-18;;/h3-6,13,16-17H,7-12H2,1-2H3;2*1H. The summed E-state index contributed by atoms with van der Waals surface area (Å²) in [6.07, 6.45) is 0.0691. The minimum absolute atomic E-state index is 0. The molecule has 1 heterocycles. The predicted molar refractivity (Wildman–Crippen MR) is 101 cm³/mol. The van der Waals surface area contributed by atoms with Crippen molar-refractivity contribution >= 4 is 34.8 Å². The maximum Gasteiger partial charge on any atom is 0.240 e. The average Bonchev–Trinajstić information content (AvgIpc) is 2.48. The fraction of sp³-hybridized carbons (Fsp3) is 0.600. The molecule has 0 bridgehead atoms. The summed E-state index contributed by atoms with van der Waals surface area (Å²) >= 11 is 0. The van der Waals surface area contributed by atoms with Crippen molar-refractivity contribution in [3.05, 3.63) is 24.3 Å². The fourth-order valence-corrected chi connectivity index (χ4v) is 3.35. The second-order valence-electron chi connectivity index (χ2n) is 5.63. The maximum atomic E-state index is 12.2. The second kappa shape index (κ2) is 11.1. The molecule has 2 N–H and O–H groups in total. The molecule has 1 aromatic rings. The van der Waals surface area contributed by atoms with Crippen molar-refractivity contribution in [1.29, 1.82) is 0 Å². The van der Waals surface area contributed by atoms with Crippen molar-refractivity contribution in [1.82, 2.24) is 14.9 Å². The Bertz CT molecular complexity index is 562. The van der Waals surface area contributed by atoms with Crippen LogP contribution in [0.15, 0.2) is 29.2 Å². The van der Waals surface area contributed by atoms with Crippen molar-refractivity contribution in [2.24, 2.45) is 0 Å². The molecular weight excluding hydrogens is 373 g/mol. The van der Waals surface area contributed by atoms with Gasteiger partial charge in [0.15, 0.2) is 0 Å². The van der Waals surface area contributed by atoms with Gasteiger partial charge in [0.25, 0.3) is 0 Å². The van der Waals surface area contributed by atoms with Crippen LogP contribution in [0, 0.1) is 0 Å². The molecule has 0 aliphatic carbocycles. The van der Waals surface area contributed by atoms with Gasteiger partial charge in [0.2, 0.25) is 10.0 Å². The Hall–Kier alpha value is -0.570. The van der Waals surface area contributed by atoms with Crippen molar-refractivity contribution in [3.8, 4) is 5.75 Å². The smallest absolute Gasteiger partial charge is 0.240 e. The fourth-order valence-electron chi connectivity index (χ4n) is 2.33. The van der Waals surface area contributed by atoms with Crippen LogP contribution in [-0.2, 0) is 10.0 Å². The van der Waals surface area contributed by atoms with Gasteiger partial charge in [-0.25, -0.2) is 13.1 Å². The van der Waals surface area contributed by atoms with Gasteiger partial charge in [-0.2, -0.15) is 0 Å². The van der Waals surface area contributed by atoms with E-state index in [0.29, 0.717) is 12.3 Å². The Kier molecular flexibility index (Phi) is 10.9. The van der Waals surface area contributed by atoms with E-state index in [-0.39, 0.29) is 35.8 Å². The van der Waals surface area contributed by atoms with Gasteiger partial charge >= 0.3 is 0 Å². The van der Waals surface area contributed by atoms with Gasteiger partial charge in [-0.1, -0.05) is 0 Å². The van der Waals surface area contributed by atoms with Crippen LogP contribution in [0.5, 0.6) is 5.75 Å². The molecule has 1 fully saturated rings. The highest BCUT2D eigenvalue weighted by Crippen LogP contribution is 2.16. The zero-order valence-corrected chi connectivity index (χ0v) is 16.5. The molecule has 6 nitrogen and oxygen atoms in total. The number of nitrogens with zero attached hydrogens (tertiary/aromatic N) is 1. The van der Waals surface area contributed by atoms with Crippen molar-refractivity contribution < 1.29 is 13.2 Å². The number of halogens is 2. The molecule has 0 unspecified atom stereocenters. The molecule has 0 amide bonds. The van der Waals surface area contributed by atoms with E-state index in [1.54, 1.807) is 24.3 Å². The third-order valence-corrected chi connectivity index (χ3v) is 4.91. The summed E-state index contributed by atoms with van der Waals surface area (Å²) in [4.78, 5) is 2.52. The van der Waals surface area contributed by atoms with Gasteiger partial charge < -0.3 is 10.1 Å². The van der Waals surface area contributed by atoms with Crippen LogP contribution in [0.4, 0.5) is 0 Å². The lowest BCUT2D eigenvalue weighted by Gasteiger charge is -2.27. The van der Waals surface area contributed by atoms with E-state index in [0.717, 1.165) is 32.7 Å². The lowest BCUT2D eigenvalue weighted by atomic mass is 10.3. The number of hydrogen-bond donors (Lipinski definition) is 2. The van der Waals surface area contributed by atoms with Gasteiger partial charge in [-0.15, -0.1) is 24.8 Å². The number of nitrogens with one attached hydrogen (secondary N) is 2. The predicted octanol–water partition coefficient (Wildman–Crippen LogP) is 1.50. The number of rotatable bonds is 7. The van der Waals surface area contributed by atoms with Crippen molar-refractivity contribution in [2.45, 2.75) is 24.8 Å². The summed E-state index contributed by atoms with van der Waals surface area (Å²) in [5.74, 6) is 0.676. The molecule has 1 aliphatic heterocycles. The number of piperazine rings is 1. The minimum atomic E-state index is -3.45. The summed E-state index contributed by atoms with van der Waals surface area (Å²) < 4.78 is 32.6.